The van der Waals surface area contributed by atoms with E-state index in [1.165, 1.54) is 80.0 Å². The Balaban J connectivity index is 0.919. The van der Waals surface area contributed by atoms with Crippen LogP contribution in [0, 0.1) is 0 Å². The van der Waals surface area contributed by atoms with Gasteiger partial charge in [-0.1, -0.05) is 113 Å². The molecule has 1 N–H and O–H groups in total. The summed E-state index contributed by atoms with van der Waals surface area (Å²) in [4.78, 5) is 12.3. The van der Waals surface area contributed by atoms with E-state index in [0.717, 1.165) is 13.0 Å². The molecule has 13 heteroatoms. The second-order valence-corrected chi connectivity index (χ2v) is 14.6. The molecular weight excluding hydrogens is 771 g/mol. The molecule has 13 nitrogen and oxygen atoms in total. The predicted molar refractivity (Wildman–Crippen MR) is 233 cm³/mol. The Hall–Kier alpha value is -2.69. The molecule has 2 aromatic rings. The number of rotatable bonds is 43. The van der Waals surface area contributed by atoms with Crippen molar-refractivity contribution in [2.75, 3.05) is 145 Å². The molecule has 0 radical (unpaired) electrons. The van der Waals surface area contributed by atoms with Crippen LogP contribution in [-0.4, -0.2) is 151 Å². The lowest BCUT2D eigenvalue weighted by Gasteiger charge is -2.14. The van der Waals surface area contributed by atoms with E-state index in [1.54, 1.807) is 0 Å². The number of hydrogen-bond acceptors (Lipinski definition) is 12. The van der Waals surface area contributed by atoms with Crippen molar-refractivity contribution in [3.63, 3.8) is 0 Å². The van der Waals surface area contributed by atoms with Crippen molar-refractivity contribution in [2.45, 2.75) is 77.0 Å². The van der Waals surface area contributed by atoms with Gasteiger partial charge in [-0.15, -0.1) is 0 Å². The van der Waals surface area contributed by atoms with Crippen molar-refractivity contribution in [1.82, 2.24) is 5.32 Å². The Morgan fingerprint density at radius 1 is 0.417 bits per heavy atom. The molecular formula is C47H77NO12. The normalized spacial score (nSPS) is 12.2. The van der Waals surface area contributed by atoms with Crippen molar-refractivity contribution in [2.24, 2.45) is 0 Å². The minimum absolute atomic E-state index is 0.0383. The molecule has 0 atom stereocenters. The van der Waals surface area contributed by atoms with E-state index < -0.39 is 6.09 Å². The summed E-state index contributed by atoms with van der Waals surface area (Å²) in [5.41, 5.74) is 4.78. The number of amides is 1. The molecule has 0 saturated heterocycles. The van der Waals surface area contributed by atoms with E-state index in [4.69, 9.17) is 52.1 Å². The van der Waals surface area contributed by atoms with Crippen molar-refractivity contribution in [3.05, 3.63) is 59.7 Å². The van der Waals surface area contributed by atoms with Gasteiger partial charge < -0.3 is 57.4 Å². The SMILES string of the molecule is CCCCCCCCCCCCOCCOCCOCCOCCOCCOCCOCCOCCOCCOCCNC(=O)OCC1c2ccccc2-c2ccccc21. The van der Waals surface area contributed by atoms with Gasteiger partial charge in [0.1, 0.15) is 6.61 Å². The van der Waals surface area contributed by atoms with Gasteiger partial charge in [0.25, 0.3) is 0 Å². The first-order valence-electron chi connectivity index (χ1n) is 22.7. The quantitative estimate of drug-likeness (QED) is 0.0660. The van der Waals surface area contributed by atoms with Gasteiger partial charge in [-0.25, -0.2) is 4.79 Å². The Morgan fingerprint density at radius 2 is 0.733 bits per heavy atom. The van der Waals surface area contributed by atoms with Crippen LogP contribution in [0.1, 0.15) is 88.2 Å². The fourth-order valence-corrected chi connectivity index (χ4v) is 6.65. The third-order valence-corrected chi connectivity index (χ3v) is 9.85. The number of hydrogen-bond donors (Lipinski definition) is 1. The molecule has 0 heterocycles. The fraction of sp³-hybridized carbons (Fsp3) is 0.723. The number of carbonyl (C=O) groups excluding carboxylic acids is 1. The molecule has 0 aromatic heterocycles. The van der Waals surface area contributed by atoms with Crippen LogP contribution >= 0.6 is 0 Å². The molecule has 3 rings (SSSR count). The van der Waals surface area contributed by atoms with Gasteiger partial charge in [0.15, 0.2) is 0 Å². The van der Waals surface area contributed by atoms with Gasteiger partial charge in [0, 0.05) is 19.1 Å². The predicted octanol–water partition coefficient (Wildman–Crippen LogP) is 7.61. The smallest absolute Gasteiger partial charge is 0.407 e. The van der Waals surface area contributed by atoms with Crippen LogP contribution in [0.5, 0.6) is 0 Å². The summed E-state index contributed by atoms with van der Waals surface area (Å²) in [6.07, 6.45) is 12.9. The van der Waals surface area contributed by atoms with Gasteiger partial charge in [-0.3, -0.25) is 0 Å². The molecule has 0 saturated carbocycles. The summed E-state index contributed by atoms with van der Waals surface area (Å²) in [5, 5.41) is 2.75. The minimum atomic E-state index is -0.449. The van der Waals surface area contributed by atoms with Gasteiger partial charge in [-0.2, -0.15) is 0 Å². The van der Waals surface area contributed by atoms with Crippen molar-refractivity contribution >= 4 is 6.09 Å². The molecule has 60 heavy (non-hydrogen) atoms. The van der Waals surface area contributed by atoms with Crippen LogP contribution < -0.4 is 5.32 Å². The van der Waals surface area contributed by atoms with Crippen LogP contribution in [0.4, 0.5) is 4.79 Å². The van der Waals surface area contributed by atoms with E-state index in [-0.39, 0.29) is 12.5 Å². The highest BCUT2D eigenvalue weighted by molar-refractivity contribution is 5.79. The van der Waals surface area contributed by atoms with Gasteiger partial charge in [0.05, 0.1) is 126 Å². The van der Waals surface area contributed by atoms with Crippen molar-refractivity contribution in [3.8, 4) is 11.1 Å². The maximum atomic E-state index is 12.3. The van der Waals surface area contributed by atoms with E-state index >= 15 is 0 Å². The lowest BCUT2D eigenvalue weighted by Crippen LogP contribution is -2.29. The number of nitrogens with one attached hydrogen (secondary N) is 1. The standard InChI is InChI=1S/C47H77NO12/c1-2-3-4-5-6-7-8-9-10-15-21-50-23-25-52-27-29-54-31-33-56-35-37-58-39-40-59-38-36-57-34-32-55-30-28-53-26-24-51-22-20-48-47(49)60-41-46-44-18-13-11-16-42(44)43-17-12-14-19-45(43)46/h11-14,16-19,46H,2-10,15,20-41H2,1H3,(H,48,49). The van der Waals surface area contributed by atoms with Gasteiger partial charge in [0.2, 0.25) is 0 Å². The largest absolute Gasteiger partial charge is 0.449 e. The second-order valence-electron chi connectivity index (χ2n) is 14.6. The molecule has 0 bridgehead atoms. The van der Waals surface area contributed by atoms with Crippen LogP contribution in [0.2, 0.25) is 0 Å². The van der Waals surface area contributed by atoms with Crippen LogP contribution in [0.25, 0.3) is 11.1 Å². The highest BCUT2D eigenvalue weighted by atomic mass is 16.6. The van der Waals surface area contributed by atoms with Crippen LogP contribution in [-0.2, 0) is 52.1 Å². The number of ether oxygens (including phenoxy) is 11. The molecule has 1 aliphatic rings. The minimum Gasteiger partial charge on any atom is -0.449 e. The number of carbonyl (C=O) groups is 1. The van der Waals surface area contributed by atoms with Crippen molar-refractivity contribution < 1.29 is 56.9 Å². The first-order chi connectivity index (χ1) is 29.8. The highest BCUT2D eigenvalue weighted by Gasteiger charge is 2.29. The summed E-state index contributed by atoms with van der Waals surface area (Å²) in [6.45, 7) is 13.4. The first-order valence-corrected chi connectivity index (χ1v) is 22.7. The lowest BCUT2D eigenvalue weighted by molar-refractivity contribution is -0.0264. The maximum absolute atomic E-state index is 12.3. The number of unbranched alkanes of at least 4 members (excludes halogenated alkanes) is 9. The molecule has 0 spiro atoms. The third-order valence-electron chi connectivity index (χ3n) is 9.85. The zero-order chi connectivity index (χ0) is 42.2. The summed E-state index contributed by atoms with van der Waals surface area (Å²) in [7, 11) is 0. The van der Waals surface area contributed by atoms with E-state index in [9.17, 15) is 4.79 Å². The molecule has 0 fully saturated rings. The number of benzene rings is 2. The summed E-state index contributed by atoms with van der Waals surface area (Å²) in [6, 6.07) is 16.5. The number of alkyl carbamates (subject to hydrolysis) is 1. The highest BCUT2D eigenvalue weighted by Crippen LogP contribution is 2.44. The van der Waals surface area contributed by atoms with E-state index in [2.05, 4.69) is 36.5 Å². The first kappa shape index (κ1) is 51.7. The summed E-state index contributed by atoms with van der Waals surface area (Å²) >= 11 is 0. The molecule has 1 amide bonds. The van der Waals surface area contributed by atoms with Crippen LogP contribution in [0.3, 0.4) is 0 Å². The Labute approximate surface area is 360 Å². The van der Waals surface area contributed by atoms with E-state index in [0.29, 0.717) is 132 Å². The lowest BCUT2D eigenvalue weighted by atomic mass is 9.98. The topological polar surface area (TPSA) is 131 Å². The fourth-order valence-electron chi connectivity index (χ4n) is 6.65. The van der Waals surface area contributed by atoms with Crippen molar-refractivity contribution in [1.29, 1.82) is 0 Å². The second kappa shape index (κ2) is 38.0. The molecule has 0 aliphatic heterocycles. The van der Waals surface area contributed by atoms with Gasteiger partial charge in [-0.05, 0) is 28.7 Å². The Bertz CT molecular complexity index is 1240. The third kappa shape index (κ3) is 25.9. The zero-order valence-electron chi connectivity index (χ0n) is 36.7. The van der Waals surface area contributed by atoms with E-state index in [1.807, 2.05) is 24.3 Å². The Kier molecular flexibility index (Phi) is 32.7. The monoisotopic (exact) mass is 848 g/mol. The average Bonchev–Trinajstić information content (AvgIpc) is 3.59. The van der Waals surface area contributed by atoms with Gasteiger partial charge >= 0.3 is 6.09 Å². The maximum Gasteiger partial charge on any atom is 0.407 e. The zero-order valence-corrected chi connectivity index (χ0v) is 36.7. The molecule has 342 valence electrons. The molecule has 1 aliphatic carbocycles. The molecule has 2 aromatic carbocycles. The summed E-state index contributed by atoms with van der Waals surface area (Å²) < 4.78 is 61.0. The Morgan fingerprint density at radius 3 is 1.12 bits per heavy atom. The molecule has 0 unspecified atom stereocenters. The number of fused-ring (bicyclic) bond motifs is 3. The average molecular weight is 848 g/mol. The summed E-state index contributed by atoms with van der Waals surface area (Å²) in [5.74, 6) is 0.0383. The van der Waals surface area contributed by atoms with Crippen LogP contribution in [0.15, 0.2) is 48.5 Å².